The first-order chi connectivity index (χ1) is 15.8. The predicted octanol–water partition coefficient (Wildman–Crippen LogP) is 3.32. The predicted molar refractivity (Wildman–Crippen MR) is 129 cm³/mol. The van der Waals surface area contributed by atoms with Crippen LogP contribution in [-0.4, -0.2) is 39.3 Å². The maximum absolute atomic E-state index is 12.9. The van der Waals surface area contributed by atoms with E-state index in [2.05, 4.69) is 27.1 Å². The van der Waals surface area contributed by atoms with E-state index in [0.29, 0.717) is 35.0 Å². The maximum atomic E-state index is 12.9. The van der Waals surface area contributed by atoms with E-state index in [0.717, 1.165) is 10.9 Å². The second-order valence-electron chi connectivity index (χ2n) is 7.26. The monoisotopic (exact) mass is 482 g/mol. The average molecular weight is 483 g/mol. The number of fused-ring (bicyclic) bond motifs is 3. The van der Waals surface area contributed by atoms with E-state index in [9.17, 15) is 13.2 Å². The Labute approximate surface area is 195 Å². The van der Waals surface area contributed by atoms with Crippen LogP contribution in [0.3, 0.4) is 0 Å². The van der Waals surface area contributed by atoms with Gasteiger partial charge in [-0.25, -0.2) is 18.5 Å². The van der Waals surface area contributed by atoms with E-state index < -0.39 is 15.3 Å². The first kappa shape index (κ1) is 22.9. The zero-order valence-electron chi connectivity index (χ0n) is 17.8. The highest BCUT2D eigenvalue weighted by molar-refractivity contribution is 8.00. The van der Waals surface area contributed by atoms with Crippen molar-refractivity contribution in [2.75, 3.05) is 5.32 Å². The van der Waals surface area contributed by atoms with E-state index in [4.69, 9.17) is 5.14 Å². The molecule has 2 heterocycles. The molecule has 0 spiro atoms. The van der Waals surface area contributed by atoms with Crippen LogP contribution in [-0.2, 0) is 21.4 Å². The standard InChI is InChI=1S/C22H22N6O3S2/c1-3-12-28-17-11-6-5-10-16(17)19-20(28)25-22(27-26-19)32-18(4-2)21(29)24-14-8-7-9-15(13-14)33(23,30)31/h3,5-11,13,18H,1,4,12H2,2H3,(H,24,29)(H2,23,30,31). The lowest BCUT2D eigenvalue weighted by Crippen LogP contribution is -2.25. The number of nitrogens with one attached hydrogen (secondary N) is 1. The normalized spacial score (nSPS) is 12.7. The minimum atomic E-state index is -3.87. The lowest BCUT2D eigenvalue weighted by molar-refractivity contribution is -0.115. The fraction of sp³-hybridized carbons (Fsp3) is 0.182. The van der Waals surface area contributed by atoms with Gasteiger partial charge in [0.25, 0.3) is 0 Å². The smallest absolute Gasteiger partial charge is 0.238 e. The molecule has 170 valence electrons. The molecule has 11 heteroatoms. The Morgan fingerprint density at radius 3 is 2.76 bits per heavy atom. The Hall–Kier alpha value is -3.28. The van der Waals surface area contributed by atoms with E-state index in [1.807, 2.05) is 35.8 Å². The minimum absolute atomic E-state index is 0.0750. The molecule has 0 fully saturated rings. The number of thioether (sulfide) groups is 1. The van der Waals surface area contributed by atoms with Gasteiger partial charge in [-0.3, -0.25) is 4.79 Å². The van der Waals surface area contributed by atoms with Crippen LogP contribution in [0.5, 0.6) is 0 Å². The van der Waals surface area contributed by atoms with E-state index in [1.54, 1.807) is 12.1 Å². The van der Waals surface area contributed by atoms with Crippen molar-refractivity contribution in [3.63, 3.8) is 0 Å². The molecule has 4 rings (SSSR count). The molecule has 0 aliphatic heterocycles. The first-order valence-corrected chi connectivity index (χ1v) is 12.6. The van der Waals surface area contributed by atoms with Gasteiger partial charge in [-0.1, -0.05) is 49.0 Å². The Morgan fingerprint density at radius 1 is 1.24 bits per heavy atom. The summed E-state index contributed by atoms with van der Waals surface area (Å²) in [4.78, 5) is 17.5. The molecule has 4 aromatic rings. The third kappa shape index (κ3) is 4.75. The summed E-state index contributed by atoms with van der Waals surface area (Å²) >= 11 is 1.20. The topological polar surface area (TPSA) is 133 Å². The molecule has 0 radical (unpaired) electrons. The molecule has 0 bridgehead atoms. The van der Waals surface area contributed by atoms with Crippen molar-refractivity contribution in [1.29, 1.82) is 0 Å². The molecule has 0 saturated carbocycles. The van der Waals surface area contributed by atoms with Gasteiger partial charge in [0.15, 0.2) is 5.65 Å². The number of benzene rings is 2. The van der Waals surface area contributed by atoms with Gasteiger partial charge in [0.05, 0.1) is 15.7 Å². The molecule has 2 aromatic heterocycles. The van der Waals surface area contributed by atoms with Gasteiger partial charge < -0.3 is 9.88 Å². The summed E-state index contributed by atoms with van der Waals surface area (Å²) in [6.07, 6.45) is 2.29. The van der Waals surface area contributed by atoms with Crippen LogP contribution >= 0.6 is 11.8 Å². The number of anilines is 1. The molecule has 0 aliphatic rings. The van der Waals surface area contributed by atoms with Crippen molar-refractivity contribution in [2.45, 2.75) is 35.2 Å². The number of nitrogens with zero attached hydrogens (tertiary/aromatic N) is 4. The number of hydrogen-bond acceptors (Lipinski definition) is 7. The third-order valence-electron chi connectivity index (χ3n) is 5.01. The van der Waals surface area contributed by atoms with Crippen molar-refractivity contribution < 1.29 is 13.2 Å². The maximum Gasteiger partial charge on any atom is 0.238 e. The van der Waals surface area contributed by atoms with Crippen LogP contribution in [0.4, 0.5) is 5.69 Å². The molecule has 1 amide bonds. The molecular weight excluding hydrogens is 460 g/mol. The van der Waals surface area contributed by atoms with Crippen LogP contribution in [0.15, 0.2) is 71.2 Å². The van der Waals surface area contributed by atoms with Crippen molar-refractivity contribution in [2.24, 2.45) is 5.14 Å². The highest BCUT2D eigenvalue weighted by Crippen LogP contribution is 2.29. The third-order valence-corrected chi connectivity index (χ3v) is 7.13. The number of aromatic nitrogens is 4. The first-order valence-electron chi connectivity index (χ1n) is 10.1. The molecule has 2 aromatic carbocycles. The summed E-state index contributed by atoms with van der Waals surface area (Å²) in [7, 11) is -3.87. The summed E-state index contributed by atoms with van der Waals surface area (Å²) in [6.45, 7) is 6.26. The molecule has 1 atom stereocenters. The van der Waals surface area contributed by atoms with Crippen LogP contribution < -0.4 is 10.5 Å². The van der Waals surface area contributed by atoms with Gasteiger partial charge in [0.2, 0.25) is 21.1 Å². The Morgan fingerprint density at radius 2 is 2.03 bits per heavy atom. The van der Waals surface area contributed by atoms with Gasteiger partial charge in [-0.2, -0.15) is 0 Å². The Balaban J connectivity index is 1.61. The number of sulfonamides is 1. The highest BCUT2D eigenvalue weighted by atomic mass is 32.2. The SMILES string of the molecule is C=CCn1c2ccccc2c2nnc(SC(CC)C(=O)Nc3cccc(S(N)(=O)=O)c3)nc21. The van der Waals surface area contributed by atoms with Crippen molar-refractivity contribution in [1.82, 2.24) is 19.7 Å². The van der Waals surface area contributed by atoms with Crippen molar-refractivity contribution in [3.05, 3.63) is 61.2 Å². The van der Waals surface area contributed by atoms with Gasteiger partial charge in [-0.05, 0) is 30.7 Å². The van der Waals surface area contributed by atoms with Crippen molar-refractivity contribution in [3.8, 4) is 0 Å². The van der Waals surface area contributed by atoms with Gasteiger partial charge in [-0.15, -0.1) is 16.8 Å². The molecule has 3 N–H and O–H groups in total. The zero-order chi connectivity index (χ0) is 23.6. The fourth-order valence-corrected chi connectivity index (χ4v) is 4.85. The van der Waals surface area contributed by atoms with Gasteiger partial charge >= 0.3 is 0 Å². The molecule has 9 nitrogen and oxygen atoms in total. The van der Waals surface area contributed by atoms with Crippen molar-refractivity contribution >= 4 is 55.4 Å². The Kier molecular flexibility index (Phi) is 6.45. The number of hydrogen-bond donors (Lipinski definition) is 2. The summed E-state index contributed by atoms with van der Waals surface area (Å²) in [5.41, 5.74) is 2.68. The van der Waals surface area contributed by atoms with E-state index >= 15 is 0 Å². The molecule has 1 unspecified atom stereocenters. The number of rotatable bonds is 8. The largest absolute Gasteiger partial charge is 0.325 e. The van der Waals surface area contributed by atoms with E-state index in [1.165, 1.54) is 30.0 Å². The number of amides is 1. The van der Waals surface area contributed by atoms with Gasteiger partial charge in [0.1, 0.15) is 5.52 Å². The molecule has 33 heavy (non-hydrogen) atoms. The summed E-state index contributed by atoms with van der Waals surface area (Å²) in [6, 6.07) is 13.7. The number of allylic oxidation sites excluding steroid dienone is 1. The Bertz CT molecular complexity index is 1470. The number of carbonyl (C=O) groups is 1. The molecular formula is C22H22N6O3S2. The second-order valence-corrected chi connectivity index (χ2v) is 9.99. The quantitative estimate of drug-likeness (QED) is 0.291. The average Bonchev–Trinajstić information content (AvgIpc) is 3.10. The lowest BCUT2D eigenvalue weighted by Gasteiger charge is -2.14. The summed E-state index contributed by atoms with van der Waals surface area (Å²) in [5.74, 6) is -0.301. The second kappa shape index (κ2) is 9.30. The molecule has 0 aliphatic carbocycles. The summed E-state index contributed by atoms with van der Waals surface area (Å²) < 4.78 is 25.2. The van der Waals surface area contributed by atoms with Gasteiger partial charge in [0, 0.05) is 17.6 Å². The summed E-state index contributed by atoms with van der Waals surface area (Å²) in [5, 5.41) is 17.3. The van der Waals surface area contributed by atoms with Crippen LogP contribution in [0.1, 0.15) is 13.3 Å². The highest BCUT2D eigenvalue weighted by Gasteiger charge is 2.22. The fourth-order valence-electron chi connectivity index (χ4n) is 3.48. The number of para-hydroxylation sites is 1. The van der Waals surface area contributed by atoms with Crippen LogP contribution in [0.2, 0.25) is 0 Å². The van der Waals surface area contributed by atoms with Crippen LogP contribution in [0, 0.1) is 0 Å². The minimum Gasteiger partial charge on any atom is -0.325 e. The van der Waals surface area contributed by atoms with E-state index in [-0.39, 0.29) is 10.8 Å². The lowest BCUT2D eigenvalue weighted by atomic mass is 10.2. The van der Waals surface area contributed by atoms with Crippen LogP contribution in [0.25, 0.3) is 22.1 Å². The zero-order valence-corrected chi connectivity index (χ0v) is 19.4. The molecule has 0 saturated heterocycles. The number of carbonyl (C=O) groups excluding carboxylic acids is 1. The number of primary sulfonamides is 1. The number of nitrogens with two attached hydrogens (primary N) is 1.